The summed E-state index contributed by atoms with van der Waals surface area (Å²) in [6.45, 7) is 0. The number of halogens is 2. The van der Waals surface area contributed by atoms with E-state index in [0.717, 1.165) is 34.3 Å². The molecule has 0 heterocycles. The predicted molar refractivity (Wildman–Crippen MR) is 91.4 cm³/mol. The molecule has 0 amide bonds. The topological polar surface area (TPSA) is 21.3 Å². The van der Waals surface area contributed by atoms with Crippen molar-refractivity contribution in [2.24, 2.45) is 0 Å². The molecule has 4 heteroatoms. The highest BCUT2D eigenvalue weighted by molar-refractivity contribution is 14.1. The van der Waals surface area contributed by atoms with Crippen LogP contribution in [-0.4, -0.2) is 7.11 Å². The Labute approximate surface area is 137 Å². The van der Waals surface area contributed by atoms with E-state index >= 15 is 0 Å². The molecule has 2 nitrogen and oxygen atoms in total. The summed E-state index contributed by atoms with van der Waals surface area (Å²) in [6.07, 6.45) is 3.35. The van der Waals surface area contributed by atoms with Gasteiger partial charge in [-0.15, -0.1) is 0 Å². The van der Waals surface area contributed by atoms with E-state index in [4.69, 9.17) is 4.74 Å². The maximum atomic E-state index is 13.2. The molecule has 110 valence electrons. The molecule has 3 rings (SSSR count). The predicted octanol–water partition coefficient (Wildman–Crippen LogP) is 4.93. The first kappa shape index (κ1) is 14.6. The van der Waals surface area contributed by atoms with E-state index in [-0.39, 0.29) is 11.9 Å². The molecule has 0 saturated heterocycles. The summed E-state index contributed by atoms with van der Waals surface area (Å²) in [5.74, 6) is 0.687. The van der Waals surface area contributed by atoms with Gasteiger partial charge in [0.2, 0.25) is 0 Å². The number of aryl methyl sites for hydroxylation is 1. The number of nitrogens with one attached hydrogen (secondary N) is 1. The standard InChI is InChI=1S/C17H17FINO/c1-21-13-7-5-11-3-2-4-16(14(11)10-13)20-17-8-6-12(18)9-15(17)19/h5-10,16,20H,2-4H2,1H3. The van der Waals surface area contributed by atoms with Crippen LogP contribution in [0.15, 0.2) is 36.4 Å². The van der Waals surface area contributed by atoms with Crippen LogP contribution in [0.4, 0.5) is 10.1 Å². The molecule has 0 aliphatic heterocycles. The van der Waals surface area contributed by atoms with E-state index < -0.39 is 0 Å². The monoisotopic (exact) mass is 397 g/mol. The van der Waals surface area contributed by atoms with Gasteiger partial charge in [0.1, 0.15) is 11.6 Å². The zero-order chi connectivity index (χ0) is 14.8. The molecule has 1 N–H and O–H groups in total. The maximum Gasteiger partial charge on any atom is 0.124 e. The summed E-state index contributed by atoms with van der Waals surface area (Å²) in [4.78, 5) is 0. The van der Waals surface area contributed by atoms with Gasteiger partial charge in [0.25, 0.3) is 0 Å². The molecule has 0 spiro atoms. The molecule has 1 aliphatic rings. The molecular weight excluding hydrogens is 380 g/mol. The first-order valence-electron chi connectivity index (χ1n) is 7.06. The van der Waals surface area contributed by atoms with Crippen LogP contribution in [0.25, 0.3) is 0 Å². The van der Waals surface area contributed by atoms with Crippen LogP contribution in [0.2, 0.25) is 0 Å². The second-order valence-corrected chi connectivity index (χ2v) is 6.44. The zero-order valence-electron chi connectivity index (χ0n) is 11.8. The van der Waals surface area contributed by atoms with Gasteiger partial charge in [0, 0.05) is 9.26 Å². The third-order valence-corrected chi connectivity index (χ3v) is 4.82. The molecule has 1 atom stereocenters. The number of hydrogen-bond acceptors (Lipinski definition) is 2. The first-order chi connectivity index (χ1) is 10.2. The van der Waals surface area contributed by atoms with E-state index in [2.05, 4.69) is 40.0 Å². The molecule has 0 saturated carbocycles. The lowest BCUT2D eigenvalue weighted by atomic mass is 9.87. The summed E-state index contributed by atoms with van der Waals surface area (Å²) in [5.41, 5.74) is 3.65. The number of fused-ring (bicyclic) bond motifs is 1. The quantitative estimate of drug-likeness (QED) is 0.742. The summed E-state index contributed by atoms with van der Waals surface area (Å²) in [5, 5.41) is 3.55. The Kier molecular flexibility index (Phi) is 4.33. The average Bonchev–Trinajstić information content (AvgIpc) is 2.50. The molecule has 0 bridgehead atoms. The molecule has 0 radical (unpaired) electrons. The number of rotatable bonds is 3. The second kappa shape index (κ2) is 6.22. The van der Waals surface area contributed by atoms with Crippen molar-refractivity contribution in [1.29, 1.82) is 0 Å². The van der Waals surface area contributed by atoms with Crippen molar-refractivity contribution < 1.29 is 9.13 Å². The highest BCUT2D eigenvalue weighted by Crippen LogP contribution is 2.35. The largest absolute Gasteiger partial charge is 0.497 e. The van der Waals surface area contributed by atoms with Gasteiger partial charge in [-0.25, -0.2) is 4.39 Å². The normalized spacial score (nSPS) is 17.2. The highest BCUT2D eigenvalue weighted by atomic mass is 127. The Morgan fingerprint density at radius 1 is 1.24 bits per heavy atom. The van der Waals surface area contributed by atoms with Crippen LogP contribution in [0.1, 0.15) is 30.0 Å². The molecule has 0 fully saturated rings. The maximum absolute atomic E-state index is 13.2. The second-order valence-electron chi connectivity index (χ2n) is 5.28. The van der Waals surface area contributed by atoms with Gasteiger partial charge in [-0.3, -0.25) is 0 Å². The average molecular weight is 397 g/mol. The molecule has 1 aliphatic carbocycles. The van der Waals surface area contributed by atoms with Gasteiger partial charge in [0.15, 0.2) is 0 Å². The molecule has 2 aromatic rings. The Bertz CT molecular complexity index is 659. The van der Waals surface area contributed by atoms with Crippen LogP contribution in [0, 0.1) is 9.39 Å². The van der Waals surface area contributed by atoms with E-state index in [1.165, 1.54) is 17.2 Å². The lowest BCUT2D eigenvalue weighted by Gasteiger charge is -2.28. The van der Waals surface area contributed by atoms with E-state index in [0.29, 0.717) is 0 Å². The first-order valence-corrected chi connectivity index (χ1v) is 8.13. The number of methoxy groups -OCH3 is 1. The minimum absolute atomic E-state index is 0.198. The Morgan fingerprint density at radius 3 is 2.86 bits per heavy atom. The Hall–Kier alpha value is -1.30. The van der Waals surface area contributed by atoms with Crippen molar-refractivity contribution in [3.63, 3.8) is 0 Å². The number of hydrogen-bond donors (Lipinski definition) is 1. The highest BCUT2D eigenvalue weighted by Gasteiger charge is 2.21. The molecular formula is C17H17FINO. The molecule has 1 unspecified atom stereocenters. The number of ether oxygens (including phenoxy) is 1. The number of anilines is 1. The lowest BCUT2D eigenvalue weighted by Crippen LogP contribution is -2.18. The van der Waals surface area contributed by atoms with Crippen molar-refractivity contribution in [3.05, 3.63) is 56.9 Å². The van der Waals surface area contributed by atoms with Crippen molar-refractivity contribution in [1.82, 2.24) is 0 Å². The molecule has 2 aromatic carbocycles. The van der Waals surface area contributed by atoms with E-state index in [1.54, 1.807) is 13.2 Å². The fourth-order valence-corrected chi connectivity index (χ4v) is 3.48. The van der Waals surface area contributed by atoms with Gasteiger partial charge in [-0.05, 0) is 83.3 Å². The van der Waals surface area contributed by atoms with Gasteiger partial charge < -0.3 is 10.1 Å². The van der Waals surface area contributed by atoms with E-state index in [1.807, 2.05) is 12.1 Å². The zero-order valence-corrected chi connectivity index (χ0v) is 14.0. The minimum atomic E-state index is -0.198. The number of benzene rings is 2. The van der Waals surface area contributed by atoms with Crippen molar-refractivity contribution in [3.8, 4) is 5.75 Å². The van der Waals surface area contributed by atoms with Gasteiger partial charge in [-0.1, -0.05) is 6.07 Å². The summed E-state index contributed by atoms with van der Waals surface area (Å²) in [6, 6.07) is 11.4. The van der Waals surface area contributed by atoms with Crippen molar-refractivity contribution in [2.75, 3.05) is 12.4 Å². The van der Waals surface area contributed by atoms with Crippen molar-refractivity contribution >= 4 is 28.3 Å². The molecule has 21 heavy (non-hydrogen) atoms. The minimum Gasteiger partial charge on any atom is -0.497 e. The molecule has 0 aromatic heterocycles. The Morgan fingerprint density at radius 2 is 2.10 bits per heavy atom. The summed E-state index contributed by atoms with van der Waals surface area (Å²) in [7, 11) is 1.69. The Balaban J connectivity index is 1.90. The van der Waals surface area contributed by atoms with Crippen LogP contribution in [0.3, 0.4) is 0 Å². The fourth-order valence-electron chi connectivity index (χ4n) is 2.85. The summed E-state index contributed by atoms with van der Waals surface area (Å²) >= 11 is 2.17. The third-order valence-electron chi connectivity index (χ3n) is 3.93. The van der Waals surface area contributed by atoms with Crippen LogP contribution < -0.4 is 10.1 Å². The fraction of sp³-hybridized carbons (Fsp3) is 0.294. The van der Waals surface area contributed by atoms with E-state index in [9.17, 15) is 4.39 Å². The smallest absolute Gasteiger partial charge is 0.124 e. The van der Waals surface area contributed by atoms with Crippen molar-refractivity contribution in [2.45, 2.75) is 25.3 Å². The third kappa shape index (κ3) is 3.15. The van der Waals surface area contributed by atoms with Gasteiger partial charge in [0.05, 0.1) is 13.2 Å². The van der Waals surface area contributed by atoms with Gasteiger partial charge >= 0.3 is 0 Å². The van der Waals surface area contributed by atoms with Crippen LogP contribution in [-0.2, 0) is 6.42 Å². The lowest BCUT2D eigenvalue weighted by molar-refractivity contribution is 0.413. The SMILES string of the molecule is COc1ccc2c(c1)C(Nc1ccc(F)cc1I)CCC2. The van der Waals surface area contributed by atoms with Gasteiger partial charge in [-0.2, -0.15) is 0 Å². The summed E-state index contributed by atoms with van der Waals surface area (Å²) < 4.78 is 19.5. The van der Waals surface area contributed by atoms with Crippen LogP contribution >= 0.6 is 22.6 Å². The van der Waals surface area contributed by atoms with Crippen LogP contribution in [0.5, 0.6) is 5.75 Å².